The lowest BCUT2D eigenvalue weighted by Gasteiger charge is -2.17. The summed E-state index contributed by atoms with van der Waals surface area (Å²) in [5.74, 6) is 1.49. The third-order valence-electron chi connectivity index (χ3n) is 4.70. The Balaban J connectivity index is 1.89. The summed E-state index contributed by atoms with van der Waals surface area (Å²) in [6.45, 7) is 4.32. The SMILES string of the molecule is CCOc1cccc(OC(=O)OC)c1COc1cc(F)c(CC)cc1C1CC1. The van der Waals surface area contributed by atoms with E-state index in [1.807, 2.05) is 19.9 Å². The van der Waals surface area contributed by atoms with Crippen molar-refractivity contribution in [2.24, 2.45) is 0 Å². The normalized spacial score (nSPS) is 13.1. The molecule has 0 N–H and O–H groups in total. The van der Waals surface area contributed by atoms with Crippen LogP contribution in [0.1, 0.15) is 49.3 Å². The second kappa shape index (κ2) is 8.95. The van der Waals surface area contributed by atoms with Crippen LogP contribution in [-0.4, -0.2) is 19.9 Å². The number of carbonyl (C=O) groups is 1. The molecular weight excluding hydrogens is 363 g/mol. The molecule has 0 bridgehead atoms. The molecule has 0 heterocycles. The number of ether oxygens (including phenoxy) is 4. The quantitative estimate of drug-likeness (QED) is 0.448. The molecule has 1 saturated carbocycles. The molecule has 0 atom stereocenters. The van der Waals surface area contributed by atoms with E-state index in [-0.39, 0.29) is 18.2 Å². The highest BCUT2D eigenvalue weighted by Crippen LogP contribution is 2.45. The fourth-order valence-electron chi connectivity index (χ4n) is 3.08. The van der Waals surface area contributed by atoms with E-state index in [1.54, 1.807) is 18.2 Å². The van der Waals surface area contributed by atoms with E-state index in [4.69, 9.17) is 14.2 Å². The Morgan fingerprint density at radius 3 is 2.50 bits per heavy atom. The molecule has 0 aromatic heterocycles. The highest BCUT2D eigenvalue weighted by atomic mass is 19.1. The molecule has 0 unspecified atom stereocenters. The summed E-state index contributed by atoms with van der Waals surface area (Å²) in [6, 6.07) is 8.49. The van der Waals surface area contributed by atoms with Gasteiger partial charge in [0.25, 0.3) is 0 Å². The molecule has 1 aliphatic rings. The number of hydrogen-bond acceptors (Lipinski definition) is 5. The van der Waals surface area contributed by atoms with Crippen LogP contribution < -0.4 is 14.2 Å². The summed E-state index contributed by atoms with van der Waals surface area (Å²) in [5.41, 5.74) is 2.29. The maximum absolute atomic E-state index is 14.3. The van der Waals surface area contributed by atoms with Gasteiger partial charge in [0.2, 0.25) is 0 Å². The van der Waals surface area contributed by atoms with Gasteiger partial charge in [-0.15, -0.1) is 0 Å². The van der Waals surface area contributed by atoms with E-state index >= 15 is 0 Å². The van der Waals surface area contributed by atoms with Gasteiger partial charge in [-0.3, -0.25) is 0 Å². The second-order valence-corrected chi connectivity index (χ2v) is 6.62. The first-order valence-electron chi connectivity index (χ1n) is 9.52. The van der Waals surface area contributed by atoms with Crippen molar-refractivity contribution in [1.82, 2.24) is 0 Å². The van der Waals surface area contributed by atoms with Gasteiger partial charge in [-0.2, -0.15) is 0 Å². The van der Waals surface area contributed by atoms with Crippen LogP contribution in [0.3, 0.4) is 0 Å². The molecule has 28 heavy (non-hydrogen) atoms. The molecule has 3 rings (SSSR count). The third-order valence-corrected chi connectivity index (χ3v) is 4.70. The van der Waals surface area contributed by atoms with Gasteiger partial charge in [-0.05, 0) is 61.4 Å². The van der Waals surface area contributed by atoms with Crippen molar-refractivity contribution in [3.05, 3.63) is 52.8 Å². The van der Waals surface area contributed by atoms with Crippen molar-refractivity contribution in [3.8, 4) is 17.2 Å². The van der Waals surface area contributed by atoms with E-state index < -0.39 is 6.16 Å². The third kappa shape index (κ3) is 4.55. The van der Waals surface area contributed by atoms with E-state index in [2.05, 4.69) is 4.74 Å². The molecule has 0 saturated heterocycles. The standard InChI is InChI=1S/C22H25FO5/c1-4-14-11-16(15-9-10-15)21(12-18(14)23)27-13-17-19(26-5-2)7-6-8-20(17)28-22(24)25-3/h6-8,11-12,15H,4-5,9-10,13H2,1-3H3. The monoisotopic (exact) mass is 388 g/mol. The number of carbonyl (C=O) groups excluding carboxylic acids is 1. The molecule has 5 nitrogen and oxygen atoms in total. The number of aryl methyl sites for hydroxylation is 1. The van der Waals surface area contributed by atoms with Crippen molar-refractivity contribution in [2.45, 2.75) is 45.6 Å². The van der Waals surface area contributed by atoms with Gasteiger partial charge in [0, 0.05) is 6.07 Å². The van der Waals surface area contributed by atoms with E-state index in [0.717, 1.165) is 18.4 Å². The molecule has 2 aromatic rings. The largest absolute Gasteiger partial charge is 0.513 e. The van der Waals surface area contributed by atoms with Crippen LogP contribution >= 0.6 is 0 Å². The number of methoxy groups -OCH3 is 1. The van der Waals surface area contributed by atoms with Crippen molar-refractivity contribution in [1.29, 1.82) is 0 Å². The lowest BCUT2D eigenvalue weighted by molar-refractivity contribution is 0.120. The molecule has 0 amide bonds. The summed E-state index contributed by atoms with van der Waals surface area (Å²) < 4.78 is 35.8. The van der Waals surface area contributed by atoms with Gasteiger partial charge in [-0.25, -0.2) is 9.18 Å². The smallest absolute Gasteiger partial charge is 0.493 e. The minimum Gasteiger partial charge on any atom is -0.493 e. The molecule has 150 valence electrons. The predicted molar refractivity (Wildman–Crippen MR) is 103 cm³/mol. The van der Waals surface area contributed by atoms with Crippen molar-refractivity contribution < 1.29 is 28.1 Å². The maximum Gasteiger partial charge on any atom is 0.513 e. The van der Waals surface area contributed by atoms with Crippen molar-refractivity contribution >= 4 is 6.16 Å². The zero-order valence-corrected chi connectivity index (χ0v) is 16.4. The highest BCUT2D eigenvalue weighted by molar-refractivity contribution is 5.65. The molecule has 0 radical (unpaired) electrons. The average molecular weight is 388 g/mol. The fourth-order valence-corrected chi connectivity index (χ4v) is 3.08. The zero-order chi connectivity index (χ0) is 20.1. The van der Waals surface area contributed by atoms with Gasteiger partial charge < -0.3 is 18.9 Å². The van der Waals surface area contributed by atoms with Crippen LogP contribution in [0.25, 0.3) is 0 Å². The van der Waals surface area contributed by atoms with Crippen LogP contribution in [0, 0.1) is 5.82 Å². The molecule has 2 aromatic carbocycles. The van der Waals surface area contributed by atoms with Crippen LogP contribution in [0.4, 0.5) is 9.18 Å². The minimum atomic E-state index is -0.827. The summed E-state index contributed by atoms with van der Waals surface area (Å²) in [7, 11) is 1.24. The summed E-state index contributed by atoms with van der Waals surface area (Å²) in [5, 5.41) is 0. The molecule has 0 aliphatic heterocycles. The van der Waals surface area contributed by atoms with Crippen LogP contribution in [0.2, 0.25) is 0 Å². The first kappa shape index (κ1) is 20.0. The number of hydrogen-bond donors (Lipinski definition) is 0. The van der Waals surface area contributed by atoms with Gasteiger partial charge in [0.05, 0.1) is 19.3 Å². The molecule has 1 fully saturated rings. The Morgan fingerprint density at radius 1 is 1.11 bits per heavy atom. The first-order chi connectivity index (χ1) is 13.6. The maximum atomic E-state index is 14.3. The van der Waals surface area contributed by atoms with Crippen LogP contribution in [-0.2, 0) is 17.8 Å². The summed E-state index contributed by atoms with van der Waals surface area (Å²) in [4.78, 5) is 11.6. The Bertz CT molecular complexity index is 845. The molecule has 1 aliphatic carbocycles. The lowest BCUT2D eigenvalue weighted by atomic mass is 10.0. The minimum absolute atomic E-state index is 0.0765. The first-order valence-corrected chi connectivity index (χ1v) is 9.52. The molecule has 0 spiro atoms. The highest BCUT2D eigenvalue weighted by Gasteiger charge is 2.28. The topological polar surface area (TPSA) is 54.0 Å². The number of benzene rings is 2. The van der Waals surface area contributed by atoms with Crippen LogP contribution in [0.15, 0.2) is 30.3 Å². The predicted octanol–water partition coefficient (Wildman–Crippen LogP) is 5.39. The Kier molecular flexibility index (Phi) is 6.39. The molecular formula is C22H25FO5. The fraction of sp³-hybridized carbons (Fsp3) is 0.409. The number of halogens is 1. The van der Waals surface area contributed by atoms with E-state index in [1.165, 1.54) is 13.2 Å². The molecule has 6 heteroatoms. The van der Waals surface area contributed by atoms with Gasteiger partial charge in [0.15, 0.2) is 0 Å². The Hall–Kier alpha value is -2.76. The Morgan fingerprint density at radius 2 is 1.86 bits per heavy atom. The van der Waals surface area contributed by atoms with Gasteiger partial charge in [0.1, 0.15) is 29.7 Å². The Labute approximate surface area is 164 Å². The van der Waals surface area contributed by atoms with E-state index in [9.17, 15) is 9.18 Å². The van der Waals surface area contributed by atoms with Crippen molar-refractivity contribution in [3.63, 3.8) is 0 Å². The van der Waals surface area contributed by atoms with Gasteiger partial charge >= 0.3 is 6.16 Å². The summed E-state index contributed by atoms with van der Waals surface area (Å²) >= 11 is 0. The van der Waals surface area contributed by atoms with E-state index in [0.29, 0.717) is 41.6 Å². The number of rotatable bonds is 8. The zero-order valence-electron chi connectivity index (χ0n) is 16.4. The summed E-state index contributed by atoms with van der Waals surface area (Å²) in [6.07, 6.45) is 1.97. The average Bonchev–Trinajstić information content (AvgIpc) is 3.53. The van der Waals surface area contributed by atoms with Crippen LogP contribution in [0.5, 0.6) is 17.2 Å². The second-order valence-electron chi connectivity index (χ2n) is 6.62. The lowest BCUT2D eigenvalue weighted by Crippen LogP contribution is -2.11. The van der Waals surface area contributed by atoms with Gasteiger partial charge in [-0.1, -0.05) is 13.0 Å². The van der Waals surface area contributed by atoms with Crippen molar-refractivity contribution in [2.75, 3.05) is 13.7 Å².